The summed E-state index contributed by atoms with van der Waals surface area (Å²) in [5, 5.41) is 6.51. The van der Waals surface area contributed by atoms with Crippen LogP contribution in [0.3, 0.4) is 0 Å². The first kappa shape index (κ1) is 13.2. The number of nitrogens with one attached hydrogen (secondary N) is 1. The second-order valence-corrected chi connectivity index (χ2v) is 5.83. The minimum Gasteiger partial charge on any atom is -0.396 e. The number of carbonyl (C=O) groups is 1. The molecule has 1 atom stereocenters. The SMILES string of the molecule is Nc1cn[nH]c1C(=O)N1CCCC1c1cccc(Br)c1. The monoisotopic (exact) mass is 334 g/mol. The molecule has 0 aliphatic carbocycles. The number of likely N-dealkylation sites (tertiary alicyclic amines) is 1. The molecule has 1 aromatic carbocycles. The molecule has 0 saturated carbocycles. The van der Waals surface area contributed by atoms with Crippen LogP contribution >= 0.6 is 15.9 Å². The van der Waals surface area contributed by atoms with Gasteiger partial charge in [-0.2, -0.15) is 5.10 Å². The molecule has 1 unspecified atom stereocenters. The summed E-state index contributed by atoms with van der Waals surface area (Å²) in [4.78, 5) is 14.4. The molecule has 5 nitrogen and oxygen atoms in total. The van der Waals surface area contributed by atoms with Crippen molar-refractivity contribution in [3.63, 3.8) is 0 Å². The van der Waals surface area contributed by atoms with Gasteiger partial charge >= 0.3 is 0 Å². The molecule has 1 aromatic heterocycles. The highest BCUT2D eigenvalue weighted by Crippen LogP contribution is 2.34. The van der Waals surface area contributed by atoms with Gasteiger partial charge in [-0.25, -0.2) is 0 Å². The lowest BCUT2D eigenvalue weighted by Crippen LogP contribution is -2.31. The van der Waals surface area contributed by atoms with Crippen LogP contribution in [-0.2, 0) is 0 Å². The predicted molar refractivity (Wildman–Crippen MR) is 80.2 cm³/mol. The zero-order valence-electron chi connectivity index (χ0n) is 10.8. The number of amides is 1. The number of benzene rings is 1. The third-order valence-electron chi connectivity index (χ3n) is 3.63. The fraction of sp³-hybridized carbons (Fsp3) is 0.286. The van der Waals surface area contributed by atoms with E-state index in [1.54, 1.807) is 0 Å². The molecule has 3 N–H and O–H groups in total. The van der Waals surface area contributed by atoms with E-state index in [4.69, 9.17) is 5.73 Å². The highest BCUT2D eigenvalue weighted by atomic mass is 79.9. The van der Waals surface area contributed by atoms with Crippen molar-refractivity contribution in [2.75, 3.05) is 12.3 Å². The van der Waals surface area contributed by atoms with Crippen molar-refractivity contribution in [1.29, 1.82) is 0 Å². The van der Waals surface area contributed by atoms with Crippen LogP contribution in [0.1, 0.15) is 34.9 Å². The molecular formula is C14H15BrN4O. The summed E-state index contributed by atoms with van der Waals surface area (Å²) in [6.45, 7) is 0.745. The van der Waals surface area contributed by atoms with Gasteiger partial charge in [0.2, 0.25) is 0 Å². The third-order valence-corrected chi connectivity index (χ3v) is 4.12. The van der Waals surface area contributed by atoms with Crippen LogP contribution in [0.25, 0.3) is 0 Å². The number of halogens is 1. The Morgan fingerprint density at radius 1 is 1.50 bits per heavy atom. The average molecular weight is 335 g/mol. The van der Waals surface area contributed by atoms with E-state index in [1.165, 1.54) is 6.20 Å². The number of aromatic nitrogens is 2. The van der Waals surface area contributed by atoms with Gasteiger partial charge in [-0.1, -0.05) is 28.1 Å². The van der Waals surface area contributed by atoms with Crippen LogP contribution < -0.4 is 5.73 Å². The third kappa shape index (κ3) is 2.31. The van der Waals surface area contributed by atoms with Gasteiger partial charge in [0.15, 0.2) is 0 Å². The average Bonchev–Trinajstić information content (AvgIpc) is 3.06. The summed E-state index contributed by atoms with van der Waals surface area (Å²) in [5.74, 6) is -0.0810. The van der Waals surface area contributed by atoms with Gasteiger partial charge in [-0.15, -0.1) is 0 Å². The Labute approximate surface area is 125 Å². The van der Waals surface area contributed by atoms with E-state index in [1.807, 2.05) is 17.0 Å². The van der Waals surface area contributed by atoms with E-state index in [0.29, 0.717) is 11.4 Å². The number of hydrogen-bond donors (Lipinski definition) is 2. The van der Waals surface area contributed by atoms with E-state index >= 15 is 0 Å². The lowest BCUT2D eigenvalue weighted by Gasteiger charge is -2.25. The quantitative estimate of drug-likeness (QED) is 0.886. The van der Waals surface area contributed by atoms with E-state index in [0.717, 1.165) is 29.4 Å². The molecule has 0 radical (unpaired) electrons. The zero-order chi connectivity index (χ0) is 14.1. The van der Waals surface area contributed by atoms with Crippen molar-refractivity contribution in [3.8, 4) is 0 Å². The van der Waals surface area contributed by atoms with Crippen LogP contribution in [0.15, 0.2) is 34.9 Å². The van der Waals surface area contributed by atoms with Gasteiger partial charge in [0, 0.05) is 11.0 Å². The minimum atomic E-state index is -0.0810. The van der Waals surface area contributed by atoms with Gasteiger partial charge < -0.3 is 10.6 Å². The number of hydrogen-bond acceptors (Lipinski definition) is 3. The number of aromatic amines is 1. The molecule has 2 aromatic rings. The number of anilines is 1. The highest BCUT2D eigenvalue weighted by Gasteiger charge is 2.32. The molecule has 1 saturated heterocycles. The number of rotatable bonds is 2. The van der Waals surface area contributed by atoms with Crippen molar-refractivity contribution in [3.05, 3.63) is 46.2 Å². The molecule has 104 valence electrons. The number of nitrogen functional groups attached to an aromatic ring is 1. The molecular weight excluding hydrogens is 320 g/mol. The maximum Gasteiger partial charge on any atom is 0.274 e. The Balaban J connectivity index is 1.90. The summed E-state index contributed by atoms with van der Waals surface area (Å²) in [7, 11) is 0. The fourth-order valence-corrected chi connectivity index (χ4v) is 3.10. The van der Waals surface area contributed by atoms with E-state index in [9.17, 15) is 4.79 Å². The first-order valence-corrected chi connectivity index (χ1v) is 7.31. The zero-order valence-corrected chi connectivity index (χ0v) is 12.4. The van der Waals surface area contributed by atoms with Crippen LogP contribution in [-0.4, -0.2) is 27.5 Å². The van der Waals surface area contributed by atoms with Crippen LogP contribution in [0.4, 0.5) is 5.69 Å². The second-order valence-electron chi connectivity index (χ2n) is 4.91. The van der Waals surface area contributed by atoms with Crippen molar-refractivity contribution in [2.45, 2.75) is 18.9 Å². The van der Waals surface area contributed by atoms with Crippen molar-refractivity contribution >= 4 is 27.5 Å². The van der Waals surface area contributed by atoms with E-state index in [2.05, 4.69) is 38.3 Å². The number of H-pyrrole nitrogens is 1. The van der Waals surface area contributed by atoms with Gasteiger partial charge in [0.05, 0.1) is 17.9 Å². The summed E-state index contributed by atoms with van der Waals surface area (Å²) < 4.78 is 1.02. The molecule has 1 aliphatic rings. The van der Waals surface area contributed by atoms with Crippen LogP contribution in [0.5, 0.6) is 0 Å². The molecule has 1 amide bonds. The fourth-order valence-electron chi connectivity index (χ4n) is 2.68. The number of nitrogens with two attached hydrogens (primary N) is 1. The Morgan fingerprint density at radius 3 is 3.05 bits per heavy atom. The standard InChI is InChI=1S/C14H15BrN4O/c15-10-4-1-3-9(7-10)12-5-2-6-19(12)14(20)13-11(16)8-17-18-13/h1,3-4,7-8,12H,2,5-6,16H2,(H,17,18). The van der Waals surface area contributed by atoms with Crippen LogP contribution in [0.2, 0.25) is 0 Å². The first-order chi connectivity index (χ1) is 9.66. The number of nitrogens with zero attached hydrogens (tertiary/aromatic N) is 2. The van der Waals surface area contributed by atoms with Gasteiger partial charge in [-0.3, -0.25) is 9.89 Å². The largest absolute Gasteiger partial charge is 0.396 e. The molecule has 2 heterocycles. The predicted octanol–water partition coefficient (Wildman–Crippen LogP) is 2.73. The minimum absolute atomic E-state index is 0.0810. The topological polar surface area (TPSA) is 75.0 Å². The lowest BCUT2D eigenvalue weighted by molar-refractivity contribution is 0.0730. The molecule has 20 heavy (non-hydrogen) atoms. The second kappa shape index (κ2) is 5.28. The summed E-state index contributed by atoms with van der Waals surface area (Å²) >= 11 is 3.48. The highest BCUT2D eigenvalue weighted by molar-refractivity contribution is 9.10. The molecule has 0 bridgehead atoms. The molecule has 1 aliphatic heterocycles. The maximum absolute atomic E-state index is 12.6. The van der Waals surface area contributed by atoms with Crippen molar-refractivity contribution in [1.82, 2.24) is 15.1 Å². The Morgan fingerprint density at radius 2 is 2.35 bits per heavy atom. The molecule has 6 heteroatoms. The molecule has 1 fully saturated rings. The maximum atomic E-state index is 12.6. The molecule has 3 rings (SSSR count). The first-order valence-electron chi connectivity index (χ1n) is 6.52. The molecule has 0 spiro atoms. The van der Waals surface area contributed by atoms with Crippen molar-refractivity contribution in [2.24, 2.45) is 0 Å². The Hall–Kier alpha value is -1.82. The van der Waals surface area contributed by atoms with Crippen molar-refractivity contribution < 1.29 is 4.79 Å². The van der Waals surface area contributed by atoms with E-state index in [-0.39, 0.29) is 11.9 Å². The number of carbonyl (C=O) groups excluding carboxylic acids is 1. The Kier molecular flexibility index (Phi) is 3.48. The summed E-state index contributed by atoms with van der Waals surface area (Å²) in [6, 6.07) is 8.19. The smallest absolute Gasteiger partial charge is 0.274 e. The van der Waals surface area contributed by atoms with Gasteiger partial charge in [-0.05, 0) is 30.5 Å². The Bertz CT molecular complexity index is 640. The van der Waals surface area contributed by atoms with Gasteiger partial charge in [0.1, 0.15) is 5.69 Å². The van der Waals surface area contributed by atoms with Gasteiger partial charge in [0.25, 0.3) is 5.91 Å². The normalized spacial score (nSPS) is 18.4. The summed E-state index contributed by atoms with van der Waals surface area (Å²) in [5.41, 5.74) is 7.69. The van der Waals surface area contributed by atoms with E-state index < -0.39 is 0 Å². The summed E-state index contributed by atoms with van der Waals surface area (Å²) in [6.07, 6.45) is 3.44. The van der Waals surface area contributed by atoms with Crippen LogP contribution in [0, 0.1) is 0 Å². The lowest BCUT2D eigenvalue weighted by atomic mass is 10.0.